The fourth-order valence-corrected chi connectivity index (χ4v) is 3.46. The summed E-state index contributed by atoms with van der Waals surface area (Å²) in [7, 11) is 4.17. The lowest BCUT2D eigenvalue weighted by Gasteiger charge is -2.43. The Hall–Kier alpha value is -0.930. The van der Waals surface area contributed by atoms with E-state index < -0.39 is 0 Å². The van der Waals surface area contributed by atoms with E-state index in [-0.39, 0.29) is 11.9 Å². The van der Waals surface area contributed by atoms with Crippen LogP contribution in [0, 0.1) is 11.7 Å². The van der Waals surface area contributed by atoms with Gasteiger partial charge in [-0.05, 0) is 52.3 Å². The largest absolute Gasteiger partial charge is 0.315 e. The lowest BCUT2D eigenvalue weighted by atomic mass is 9.82. The fraction of sp³-hybridized carbons (Fsp3) is 0.647. The molecule has 1 aliphatic carbocycles. The molecule has 0 radical (unpaired) electrons. The summed E-state index contributed by atoms with van der Waals surface area (Å²) in [6, 6.07) is 8.20. The van der Waals surface area contributed by atoms with E-state index in [9.17, 15) is 4.39 Å². The lowest BCUT2D eigenvalue weighted by molar-refractivity contribution is 0.0951. The van der Waals surface area contributed by atoms with E-state index in [1.165, 1.54) is 19.3 Å². The van der Waals surface area contributed by atoms with Crippen molar-refractivity contribution in [1.29, 1.82) is 0 Å². The van der Waals surface area contributed by atoms with Gasteiger partial charge in [-0.25, -0.2) is 4.39 Å². The van der Waals surface area contributed by atoms with Gasteiger partial charge in [-0.15, -0.1) is 0 Å². The monoisotopic (exact) mass is 278 g/mol. The molecule has 1 aromatic rings. The molecular weight excluding hydrogens is 251 g/mol. The number of halogens is 1. The number of rotatable bonds is 4. The summed E-state index contributed by atoms with van der Waals surface area (Å²) in [4.78, 5) is 2.34. The molecule has 0 aromatic heterocycles. The van der Waals surface area contributed by atoms with Crippen molar-refractivity contribution in [3.05, 3.63) is 35.6 Å². The molecule has 1 aromatic carbocycles. The first-order chi connectivity index (χ1) is 9.54. The summed E-state index contributed by atoms with van der Waals surface area (Å²) in [6.45, 7) is 4.42. The van der Waals surface area contributed by atoms with Crippen molar-refractivity contribution in [2.24, 2.45) is 5.92 Å². The van der Waals surface area contributed by atoms with Gasteiger partial charge in [-0.1, -0.05) is 25.1 Å². The van der Waals surface area contributed by atoms with E-state index in [1.54, 1.807) is 12.1 Å². The summed E-state index contributed by atoms with van der Waals surface area (Å²) in [5, 5.41) is 3.44. The Morgan fingerprint density at radius 2 is 2.00 bits per heavy atom. The van der Waals surface area contributed by atoms with Crippen LogP contribution in [0.3, 0.4) is 0 Å². The maximum atomic E-state index is 14.0. The van der Waals surface area contributed by atoms with Crippen molar-refractivity contribution in [3.8, 4) is 0 Å². The first-order valence-electron chi connectivity index (χ1n) is 7.68. The number of nitrogens with zero attached hydrogens (tertiary/aromatic N) is 1. The fourth-order valence-electron chi connectivity index (χ4n) is 3.46. The summed E-state index contributed by atoms with van der Waals surface area (Å²) >= 11 is 0. The van der Waals surface area contributed by atoms with E-state index in [0.29, 0.717) is 12.1 Å². The molecule has 3 heteroatoms. The Bertz CT molecular complexity index is 435. The molecule has 112 valence electrons. The zero-order valence-electron chi connectivity index (χ0n) is 13.1. The zero-order valence-corrected chi connectivity index (χ0v) is 13.1. The summed E-state index contributed by atoms with van der Waals surface area (Å²) in [6.07, 6.45) is 3.67. The molecule has 0 spiro atoms. The van der Waals surface area contributed by atoms with Crippen LogP contribution in [-0.2, 0) is 0 Å². The highest BCUT2D eigenvalue weighted by Gasteiger charge is 2.33. The second-order valence-corrected chi connectivity index (χ2v) is 6.24. The molecule has 20 heavy (non-hydrogen) atoms. The van der Waals surface area contributed by atoms with Gasteiger partial charge in [0.2, 0.25) is 0 Å². The highest BCUT2D eigenvalue weighted by Crippen LogP contribution is 2.32. The van der Waals surface area contributed by atoms with Gasteiger partial charge < -0.3 is 5.32 Å². The molecule has 4 atom stereocenters. The molecule has 2 nitrogen and oxygen atoms in total. The molecule has 1 N–H and O–H groups in total. The van der Waals surface area contributed by atoms with E-state index in [0.717, 1.165) is 11.5 Å². The average molecular weight is 278 g/mol. The van der Waals surface area contributed by atoms with Gasteiger partial charge in [0.15, 0.2) is 0 Å². The Morgan fingerprint density at radius 1 is 1.30 bits per heavy atom. The van der Waals surface area contributed by atoms with Crippen molar-refractivity contribution in [2.75, 3.05) is 14.1 Å². The first kappa shape index (κ1) is 15.5. The summed E-state index contributed by atoms with van der Waals surface area (Å²) in [5.74, 6) is 0.650. The normalized spacial score (nSPS) is 28.6. The van der Waals surface area contributed by atoms with Gasteiger partial charge in [0, 0.05) is 23.7 Å². The molecule has 2 rings (SSSR count). The number of benzene rings is 1. The molecule has 1 saturated carbocycles. The van der Waals surface area contributed by atoms with Crippen LogP contribution in [0.5, 0.6) is 0 Å². The van der Waals surface area contributed by atoms with E-state index in [4.69, 9.17) is 0 Å². The molecule has 4 unspecified atom stereocenters. The van der Waals surface area contributed by atoms with Crippen LogP contribution < -0.4 is 5.32 Å². The zero-order chi connectivity index (χ0) is 14.7. The smallest absolute Gasteiger partial charge is 0.127 e. The predicted octanol–water partition coefficient (Wildman–Crippen LogP) is 3.60. The summed E-state index contributed by atoms with van der Waals surface area (Å²) < 4.78 is 14.0. The van der Waals surface area contributed by atoms with Crippen molar-refractivity contribution < 1.29 is 4.39 Å². The van der Waals surface area contributed by atoms with E-state index in [2.05, 4.69) is 31.1 Å². The highest BCUT2D eigenvalue weighted by atomic mass is 19.1. The molecule has 1 fully saturated rings. The molecule has 1 aliphatic rings. The third-order valence-electron chi connectivity index (χ3n) is 4.94. The average Bonchev–Trinajstić information content (AvgIpc) is 2.46. The van der Waals surface area contributed by atoms with Gasteiger partial charge in [0.25, 0.3) is 0 Å². The predicted molar refractivity (Wildman–Crippen MR) is 82.2 cm³/mol. The molecule has 0 saturated heterocycles. The Morgan fingerprint density at radius 3 is 2.65 bits per heavy atom. The Balaban J connectivity index is 2.16. The van der Waals surface area contributed by atoms with Crippen molar-refractivity contribution in [2.45, 2.75) is 51.2 Å². The molecule has 0 heterocycles. The third-order valence-corrected chi connectivity index (χ3v) is 4.94. The second kappa shape index (κ2) is 6.68. The van der Waals surface area contributed by atoms with E-state index in [1.807, 2.05) is 19.2 Å². The van der Waals surface area contributed by atoms with Crippen LogP contribution in [0.25, 0.3) is 0 Å². The Labute approximate surface area is 122 Å². The number of likely N-dealkylation sites (N-methyl/N-ethyl adjacent to an activating group) is 2. The molecule has 0 aliphatic heterocycles. The second-order valence-electron chi connectivity index (χ2n) is 6.24. The minimum Gasteiger partial charge on any atom is -0.315 e. The standard InChI is InChI=1S/C17H27FN2/c1-12-9-10-16(19-3)17(11-12)20(4)13(2)14-7-5-6-8-15(14)18/h5-8,12-13,16-17,19H,9-11H2,1-4H3. The molecule has 0 amide bonds. The van der Waals surface area contributed by atoms with Crippen LogP contribution in [0.15, 0.2) is 24.3 Å². The van der Waals surface area contributed by atoms with Crippen LogP contribution in [0.1, 0.15) is 44.7 Å². The number of hydrogen-bond acceptors (Lipinski definition) is 2. The number of nitrogens with one attached hydrogen (secondary N) is 1. The van der Waals surface area contributed by atoms with Gasteiger partial charge in [-0.2, -0.15) is 0 Å². The highest BCUT2D eigenvalue weighted by molar-refractivity contribution is 5.21. The van der Waals surface area contributed by atoms with Gasteiger partial charge >= 0.3 is 0 Å². The van der Waals surface area contributed by atoms with Crippen LogP contribution in [0.2, 0.25) is 0 Å². The van der Waals surface area contributed by atoms with Crippen molar-refractivity contribution in [3.63, 3.8) is 0 Å². The van der Waals surface area contributed by atoms with Crippen LogP contribution in [-0.4, -0.2) is 31.1 Å². The van der Waals surface area contributed by atoms with Crippen molar-refractivity contribution >= 4 is 0 Å². The molecule has 0 bridgehead atoms. The summed E-state index contributed by atoms with van der Waals surface area (Å²) in [5.41, 5.74) is 0.795. The molecular formula is C17H27FN2. The van der Waals surface area contributed by atoms with Gasteiger partial charge in [0.1, 0.15) is 5.82 Å². The van der Waals surface area contributed by atoms with Crippen LogP contribution in [0.4, 0.5) is 4.39 Å². The maximum Gasteiger partial charge on any atom is 0.127 e. The number of hydrogen-bond donors (Lipinski definition) is 1. The van der Waals surface area contributed by atoms with E-state index >= 15 is 0 Å². The van der Waals surface area contributed by atoms with Crippen molar-refractivity contribution in [1.82, 2.24) is 10.2 Å². The first-order valence-corrected chi connectivity index (χ1v) is 7.68. The lowest BCUT2D eigenvalue weighted by Crippen LogP contribution is -2.51. The van der Waals surface area contributed by atoms with Crippen LogP contribution >= 0.6 is 0 Å². The maximum absolute atomic E-state index is 14.0. The minimum absolute atomic E-state index is 0.0994. The third kappa shape index (κ3) is 3.21. The topological polar surface area (TPSA) is 15.3 Å². The quantitative estimate of drug-likeness (QED) is 0.905. The Kier molecular flexibility index (Phi) is 5.17. The SMILES string of the molecule is CNC1CCC(C)CC1N(C)C(C)c1ccccc1F. The minimum atomic E-state index is -0.100. The van der Waals surface area contributed by atoms with Gasteiger partial charge in [-0.3, -0.25) is 4.90 Å². The van der Waals surface area contributed by atoms with Gasteiger partial charge in [0.05, 0.1) is 0 Å².